The highest BCUT2D eigenvalue weighted by molar-refractivity contribution is 4.73. The summed E-state index contributed by atoms with van der Waals surface area (Å²) in [7, 11) is 0. The zero-order chi connectivity index (χ0) is 8.91. The van der Waals surface area contributed by atoms with Gasteiger partial charge in [-0.2, -0.15) is 0 Å². The maximum atomic E-state index is 9.49. The van der Waals surface area contributed by atoms with E-state index in [9.17, 15) is 5.11 Å². The fraction of sp³-hybridized carbons (Fsp3) is 1.00. The van der Waals surface area contributed by atoms with Crippen LogP contribution in [0.15, 0.2) is 0 Å². The van der Waals surface area contributed by atoms with Crippen molar-refractivity contribution in [1.82, 2.24) is 5.32 Å². The van der Waals surface area contributed by atoms with Crippen LogP contribution in [0.2, 0.25) is 0 Å². The summed E-state index contributed by atoms with van der Waals surface area (Å²) in [6, 6.07) is 0. The van der Waals surface area contributed by atoms with Crippen molar-refractivity contribution in [3.8, 4) is 0 Å². The van der Waals surface area contributed by atoms with E-state index >= 15 is 0 Å². The van der Waals surface area contributed by atoms with Crippen molar-refractivity contribution < 1.29 is 10.2 Å². The van der Waals surface area contributed by atoms with Gasteiger partial charge in [0.25, 0.3) is 0 Å². The standard InChI is InChI=1S/C8H19NO2/c1-4-8(3,11)6-9-5-7(2)10/h7,9-11H,4-6H2,1-3H3. The minimum absolute atomic E-state index is 0.345. The monoisotopic (exact) mass is 161 g/mol. The van der Waals surface area contributed by atoms with Gasteiger partial charge in [-0.1, -0.05) is 6.92 Å². The molecule has 0 spiro atoms. The summed E-state index contributed by atoms with van der Waals surface area (Å²) >= 11 is 0. The molecular formula is C8H19NO2. The summed E-state index contributed by atoms with van der Waals surface area (Å²) in [6.07, 6.45) is 0.377. The van der Waals surface area contributed by atoms with Crippen LogP contribution >= 0.6 is 0 Å². The minimum atomic E-state index is -0.644. The van der Waals surface area contributed by atoms with Crippen molar-refractivity contribution in [3.63, 3.8) is 0 Å². The molecule has 0 aromatic rings. The van der Waals surface area contributed by atoms with Crippen molar-refractivity contribution in [2.75, 3.05) is 13.1 Å². The van der Waals surface area contributed by atoms with Crippen molar-refractivity contribution in [2.45, 2.75) is 38.9 Å². The lowest BCUT2D eigenvalue weighted by molar-refractivity contribution is 0.0525. The lowest BCUT2D eigenvalue weighted by Crippen LogP contribution is -2.39. The van der Waals surface area contributed by atoms with Gasteiger partial charge in [-0.25, -0.2) is 0 Å². The second-order valence-electron chi connectivity index (χ2n) is 3.33. The molecule has 2 atom stereocenters. The average molecular weight is 161 g/mol. The third kappa shape index (κ3) is 6.28. The van der Waals surface area contributed by atoms with Gasteiger partial charge in [0, 0.05) is 13.1 Å². The van der Waals surface area contributed by atoms with Crippen LogP contribution in [-0.2, 0) is 0 Å². The van der Waals surface area contributed by atoms with E-state index in [2.05, 4.69) is 5.32 Å². The van der Waals surface area contributed by atoms with Gasteiger partial charge in [0.1, 0.15) is 0 Å². The highest BCUT2D eigenvalue weighted by Crippen LogP contribution is 2.05. The molecule has 0 saturated carbocycles. The van der Waals surface area contributed by atoms with E-state index in [1.54, 1.807) is 13.8 Å². The molecule has 0 aliphatic carbocycles. The Morgan fingerprint density at radius 2 is 2.09 bits per heavy atom. The molecule has 0 aliphatic rings. The molecule has 0 amide bonds. The van der Waals surface area contributed by atoms with E-state index in [4.69, 9.17) is 5.11 Å². The SMILES string of the molecule is CCC(C)(O)CNCC(C)O. The van der Waals surface area contributed by atoms with Crippen LogP contribution in [0.5, 0.6) is 0 Å². The van der Waals surface area contributed by atoms with Gasteiger partial charge >= 0.3 is 0 Å². The van der Waals surface area contributed by atoms with Crippen molar-refractivity contribution in [2.24, 2.45) is 0 Å². The van der Waals surface area contributed by atoms with E-state index < -0.39 is 5.60 Å². The molecule has 0 aliphatic heterocycles. The van der Waals surface area contributed by atoms with E-state index in [-0.39, 0.29) is 6.10 Å². The molecule has 0 fully saturated rings. The predicted molar refractivity (Wildman–Crippen MR) is 45.5 cm³/mol. The Labute approximate surface area is 68.4 Å². The highest BCUT2D eigenvalue weighted by Gasteiger charge is 2.16. The fourth-order valence-corrected chi connectivity index (χ4v) is 0.675. The summed E-state index contributed by atoms with van der Waals surface area (Å²) in [5.41, 5.74) is -0.644. The highest BCUT2D eigenvalue weighted by atomic mass is 16.3. The summed E-state index contributed by atoms with van der Waals surface area (Å²) in [5.74, 6) is 0. The van der Waals surface area contributed by atoms with Crippen LogP contribution in [0.3, 0.4) is 0 Å². The molecule has 11 heavy (non-hydrogen) atoms. The van der Waals surface area contributed by atoms with Gasteiger partial charge in [0.2, 0.25) is 0 Å². The second-order valence-corrected chi connectivity index (χ2v) is 3.33. The molecule has 3 N–H and O–H groups in total. The van der Waals surface area contributed by atoms with Crippen LogP contribution in [0.25, 0.3) is 0 Å². The van der Waals surface area contributed by atoms with Crippen molar-refractivity contribution >= 4 is 0 Å². The van der Waals surface area contributed by atoms with Crippen LogP contribution in [0.1, 0.15) is 27.2 Å². The first-order chi connectivity index (χ1) is 4.98. The lowest BCUT2D eigenvalue weighted by atomic mass is 10.0. The Morgan fingerprint density at radius 3 is 2.45 bits per heavy atom. The molecule has 68 valence electrons. The number of nitrogens with one attached hydrogen (secondary N) is 1. The molecule has 0 saturated heterocycles. The smallest absolute Gasteiger partial charge is 0.0741 e. The number of hydrogen-bond acceptors (Lipinski definition) is 3. The van der Waals surface area contributed by atoms with E-state index in [0.717, 1.165) is 6.42 Å². The molecule has 2 unspecified atom stereocenters. The zero-order valence-corrected chi connectivity index (χ0v) is 7.59. The summed E-state index contributed by atoms with van der Waals surface area (Å²) in [5, 5.41) is 21.3. The topological polar surface area (TPSA) is 52.5 Å². The van der Waals surface area contributed by atoms with E-state index in [1.165, 1.54) is 0 Å². The predicted octanol–water partition coefficient (Wildman–Crippen LogP) is 0.118. The molecule has 0 heterocycles. The zero-order valence-electron chi connectivity index (χ0n) is 7.59. The second kappa shape index (κ2) is 4.70. The van der Waals surface area contributed by atoms with Gasteiger partial charge in [0.15, 0.2) is 0 Å². The van der Waals surface area contributed by atoms with Gasteiger partial charge in [-0.15, -0.1) is 0 Å². The Morgan fingerprint density at radius 1 is 1.55 bits per heavy atom. The van der Waals surface area contributed by atoms with Gasteiger partial charge in [-0.05, 0) is 20.3 Å². The molecule has 3 heteroatoms. The normalized spacial score (nSPS) is 19.4. The lowest BCUT2D eigenvalue weighted by Gasteiger charge is -2.21. The molecular weight excluding hydrogens is 142 g/mol. The number of rotatable bonds is 5. The maximum absolute atomic E-state index is 9.49. The number of aliphatic hydroxyl groups excluding tert-OH is 1. The minimum Gasteiger partial charge on any atom is -0.392 e. The fourth-order valence-electron chi connectivity index (χ4n) is 0.675. The first-order valence-corrected chi connectivity index (χ1v) is 4.09. The van der Waals surface area contributed by atoms with Crippen LogP contribution in [0.4, 0.5) is 0 Å². The van der Waals surface area contributed by atoms with Crippen LogP contribution < -0.4 is 5.32 Å². The Balaban J connectivity index is 3.38. The van der Waals surface area contributed by atoms with Gasteiger partial charge in [-0.3, -0.25) is 0 Å². The first-order valence-electron chi connectivity index (χ1n) is 4.09. The molecule has 3 nitrogen and oxygen atoms in total. The summed E-state index contributed by atoms with van der Waals surface area (Å²) < 4.78 is 0. The van der Waals surface area contributed by atoms with Crippen molar-refractivity contribution in [1.29, 1.82) is 0 Å². The average Bonchev–Trinajstić information content (AvgIpc) is 1.87. The van der Waals surface area contributed by atoms with E-state index in [0.29, 0.717) is 13.1 Å². The molecule has 0 aromatic heterocycles. The third-order valence-corrected chi connectivity index (χ3v) is 1.71. The Bertz CT molecular complexity index is 102. The Kier molecular flexibility index (Phi) is 4.65. The summed E-state index contributed by atoms with van der Waals surface area (Å²) in [4.78, 5) is 0. The maximum Gasteiger partial charge on any atom is 0.0741 e. The molecule has 0 aromatic carbocycles. The Hall–Kier alpha value is -0.120. The van der Waals surface area contributed by atoms with E-state index in [1.807, 2.05) is 6.92 Å². The summed E-state index contributed by atoms with van der Waals surface area (Å²) in [6.45, 7) is 6.50. The largest absolute Gasteiger partial charge is 0.392 e. The van der Waals surface area contributed by atoms with Crippen LogP contribution in [0, 0.1) is 0 Å². The van der Waals surface area contributed by atoms with Gasteiger partial charge in [0.05, 0.1) is 11.7 Å². The van der Waals surface area contributed by atoms with Gasteiger partial charge < -0.3 is 15.5 Å². The van der Waals surface area contributed by atoms with Crippen LogP contribution in [-0.4, -0.2) is 35.0 Å². The first kappa shape index (κ1) is 10.9. The van der Waals surface area contributed by atoms with Crippen molar-refractivity contribution in [3.05, 3.63) is 0 Å². The number of hydrogen-bond donors (Lipinski definition) is 3. The molecule has 0 radical (unpaired) electrons. The number of aliphatic hydroxyl groups is 2. The molecule has 0 rings (SSSR count). The molecule has 0 bridgehead atoms. The third-order valence-electron chi connectivity index (χ3n) is 1.71. The quantitative estimate of drug-likeness (QED) is 0.537.